The predicted molar refractivity (Wildman–Crippen MR) is 116 cm³/mol. The molecule has 30 heavy (non-hydrogen) atoms. The van der Waals surface area contributed by atoms with Gasteiger partial charge in [0.05, 0.1) is 5.69 Å². The van der Waals surface area contributed by atoms with Crippen LogP contribution in [0.2, 0.25) is 0 Å². The highest BCUT2D eigenvalue weighted by atomic mass is 16.2. The lowest BCUT2D eigenvalue weighted by Gasteiger charge is -2.35. The van der Waals surface area contributed by atoms with Crippen LogP contribution in [-0.4, -0.2) is 31.7 Å². The number of hydrogen-bond donors (Lipinski definition) is 1. The molecule has 2 aliphatic rings. The van der Waals surface area contributed by atoms with Crippen LogP contribution in [-0.2, 0) is 11.8 Å². The van der Waals surface area contributed by atoms with Gasteiger partial charge in [-0.2, -0.15) is 4.68 Å². The smallest absolute Gasteiger partial charge is 0.270 e. The zero-order valence-corrected chi connectivity index (χ0v) is 16.7. The third kappa shape index (κ3) is 2.96. The third-order valence-corrected chi connectivity index (χ3v) is 6.22. The molecule has 3 aromatic rings. The lowest BCUT2D eigenvalue weighted by atomic mass is 9.69. The summed E-state index contributed by atoms with van der Waals surface area (Å²) in [5, 5.41) is 8.17. The summed E-state index contributed by atoms with van der Waals surface area (Å²) >= 11 is 0. The van der Waals surface area contributed by atoms with Crippen molar-refractivity contribution >= 4 is 17.8 Å². The number of hydrogen-bond acceptors (Lipinski definition) is 5. The summed E-state index contributed by atoms with van der Waals surface area (Å²) in [4.78, 5) is 21.0. The minimum atomic E-state index is -0.439. The molecule has 3 heterocycles. The molecule has 6 nitrogen and oxygen atoms in total. The van der Waals surface area contributed by atoms with Gasteiger partial charge in [-0.25, -0.2) is 0 Å². The maximum absolute atomic E-state index is 12.7. The number of nitrogens with zero attached hydrogens (tertiary/aromatic N) is 4. The SMILES string of the molecule is C=CC(=O)n1nc(NC2CCC2)c2c1CC(c1ccncc1)(c1ccncc1)C=C2. The van der Waals surface area contributed by atoms with Crippen LogP contribution in [0.25, 0.3) is 6.08 Å². The first kappa shape index (κ1) is 18.5. The molecule has 1 saturated carbocycles. The Hall–Kier alpha value is -3.54. The zero-order chi connectivity index (χ0) is 20.6. The molecule has 1 fully saturated rings. The van der Waals surface area contributed by atoms with Crippen LogP contribution in [0.4, 0.5) is 5.82 Å². The minimum absolute atomic E-state index is 0.221. The predicted octanol–water partition coefficient (Wildman–Crippen LogP) is 4.02. The Bertz CT molecular complexity index is 1070. The summed E-state index contributed by atoms with van der Waals surface area (Å²) in [7, 11) is 0. The highest BCUT2D eigenvalue weighted by molar-refractivity contribution is 5.91. The Morgan fingerprint density at radius 2 is 1.73 bits per heavy atom. The fourth-order valence-corrected chi connectivity index (χ4v) is 4.34. The van der Waals surface area contributed by atoms with Gasteiger partial charge in [0, 0.05) is 48.2 Å². The average molecular weight is 397 g/mol. The molecule has 0 amide bonds. The molecule has 0 atom stereocenters. The topological polar surface area (TPSA) is 72.7 Å². The molecule has 6 heteroatoms. The number of rotatable bonds is 5. The van der Waals surface area contributed by atoms with E-state index in [4.69, 9.17) is 0 Å². The standard InChI is InChI=1S/C24H23N5O/c1-2-22(30)29-21-16-24(17-7-12-25-13-8-17,18-9-14-26-15-10-18)11-6-20(21)23(28-29)27-19-4-3-5-19/h2,6-15,19H,1,3-5,16H2,(H,27,28). The van der Waals surface area contributed by atoms with Gasteiger partial charge in [0.15, 0.2) is 5.82 Å². The van der Waals surface area contributed by atoms with E-state index in [0.717, 1.165) is 41.0 Å². The Balaban J connectivity index is 1.66. The van der Waals surface area contributed by atoms with Crippen molar-refractivity contribution in [3.05, 3.63) is 90.2 Å². The van der Waals surface area contributed by atoms with Crippen molar-refractivity contribution in [1.82, 2.24) is 19.7 Å². The van der Waals surface area contributed by atoms with Gasteiger partial charge in [0.2, 0.25) is 0 Å². The summed E-state index contributed by atoms with van der Waals surface area (Å²) in [5.41, 5.74) is 3.65. The Kier molecular flexibility index (Phi) is 4.54. The van der Waals surface area contributed by atoms with E-state index < -0.39 is 5.41 Å². The lowest BCUT2D eigenvalue weighted by molar-refractivity contribution is 0.0950. The van der Waals surface area contributed by atoms with E-state index in [0.29, 0.717) is 12.5 Å². The van der Waals surface area contributed by atoms with E-state index in [1.54, 1.807) is 24.8 Å². The average Bonchev–Trinajstić information content (AvgIpc) is 3.14. The molecule has 150 valence electrons. The van der Waals surface area contributed by atoms with Gasteiger partial charge in [0.25, 0.3) is 5.91 Å². The van der Waals surface area contributed by atoms with Crippen LogP contribution in [0.1, 0.15) is 46.4 Å². The highest BCUT2D eigenvalue weighted by Crippen LogP contribution is 2.43. The Labute approximate surface area is 175 Å². The van der Waals surface area contributed by atoms with Crippen molar-refractivity contribution in [2.24, 2.45) is 0 Å². The van der Waals surface area contributed by atoms with E-state index in [-0.39, 0.29) is 5.91 Å². The summed E-state index contributed by atoms with van der Waals surface area (Å²) in [5.74, 6) is 0.556. The number of fused-ring (bicyclic) bond motifs is 1. The van der Waals surface area contributed by atoms with Gasteiger partial charge in [-0.05, 0) is 60.7 Å². The first-order valence-electron chi connectivity index (χ1n) is 10.3. The van der Waals surface area contributed by atoms with Gasteiger partial charge >= 0.3 is 0 Å². The molecular formula is C24H23N5O. The van der Waals surface area contributed by atoms with Gasteiger partial charge in [-0.15, -0.1) is 5.10 Å². The second-order valence-electron chi connectivity index (χ2n) is 7.89. The van der Waals surface area contributed by atoms with Gasteiger partial charge in [-0.3, -0.25) is 14.8 Å². The van der Waals surface area contributed by atoms with Crippen LogP contribution in [0.3, 0.4) is 0 Å². The second-order valence-corrected chi connectivity index (χ2v) is 7.89. The highest BCUT2D eigenvalue weighted by Gasteiger charge is 2.38. The molecule has 2 aliphatic carbocycles. The lowest BCUT2D eigenvalue weighted by Crippen LogP contribution is -2.32. The zero-order valence-electron chi connectivity index (χ0n) is 16.7. The summed E-state index contributed by atoms with van der Waals surface area (Å²) in [6.07, 6.45) is 17.0. The van der Waals surface area contributed by atoms with E-state index in [2.05, 4.69) is 39.1 Å². The van der Waals surface area contributed by atoms with E-state index in [1.807, 2.05) is 24.3 Å². The normalized spacial score (nSPS) is 17.1. The van der Waals surface area contributed by atoms with Gasteiger partial charge in [0.1, 0.15) is 0 Å². The number of aromatic nitrogens is 4. The summed E-state index contributed by atoms with van der Waals surface area (Å²) < 4.78 is 1.50. The molecule has 0 bridgehead atoms. The first-order chi connectivity index (χ1) is 14.7. The van der Waals surface area contributed by atoms with Crippen LogP contribution in [0.15, 0.2) is 67.8 Å². The van der Waals surface area contributed by atoms with Crippen LogP contribution >= 0.6 is 0 Å². The minimum Gasteiger partial charge on any atom is -0.365 e. The van der Waals surface area contributed by atoms with Crippen molar-refractivity contribution < 1.29 is 4.79 Å². The summed E-state index contributed by atoms with van der Waals surface area (Å²) in [6.45, 7) is 3.67. The van der Waals surface area contributed by atoms with Crippen molar-refractivity contribution in [2.45, 2.75) is 37.1 Å². The van der Waals surface area contributed by atoms with Crippen molar-refractivity contribution in [2.75, 3.05) is 5.32 Å². The molecule has 3 aromatic heterocycles. The molecule has 0 spiro atoms. The number of allylic oxidation sites excluding steroid dienone is 2. The van der Waals surface area contributed by atoms with E-state index in [9.17, 15) is 4.79 Å². The number of anilines is 1. The monoisotopic (exact) mass is 397 g/mol. The maximum Gasteiger partial charge on any atom is 0.270 e. The molecule has 0 unspecified atom stereocenters. The maximum atomic E-state index is 12.7. The number of pyridine rings is 2. The summed E-state index contributed by atoms with van der Waals surface area (Å²) in [6, 6.07) is 8.54. The van der Waals surface area contributed by atoms with Crippen LogP contribution < -0.4 is 5.32 Å². The largest absolute Gasteiger partial charge is 0.365 e. The van der Waals surface area contributed by atoms with Gasteiger partial charge in [-0.1, -0.05) is 18.7 Å². The van der Waals surface area contributed by atoms with Gasteiger partial charge < -0.3 is 5.32 Å². The quantitative estimate of drug-likeness (QED) is 0.659. The van der Waals surface area contributed by atoms with Crippen LogP contribution in [0.5, 0.6) is 0 Å². The molecule has 0 aromatic carbocycles. The fourth-order valence-electron chi connectivity index (χ4n) is 4.34. The molecule has 5 rings (SSSR count). The third-order valence-electron chi connectivity index (χ3n) is 6.22. The first-order valence-corrected chi connectivity index (χ1v) is 10.3. The molecular weight excluding hydrogens is 374 g/mol. The molecule has 0 saturated heterocycles. The molecule has 1 N–H and O–H groups in total. The van der Waals surface area contributed by atoms with Crippen molar-refractivity contribution in [3.63, 3.8) is 0 Å². The second kappa shape index (κ2) is 7.37. The van der Waals surface area contributed by atoms with Crippen molar-refractivity contribution in [1.29, 1.82) is 0 Å². The number of carbonyl (C=O) groups is 1. The fraction of sp³-hybridized carbons (Fsp3) is 0.250. The van der Waals surface area contributed by atoms with Crippen LogP contribution in [0, 0.1) is 0 Å². The van der Waals surface area contributed by atoms with Crippen molar-refractivity contribution in [3.8, 4) is 0 Å². The Morgan fingerprint density at radius 1 is 1.10 bits per heavy atom. The molecule has 0 aliphatic heterocycles. The molecule has 0 radical (unpaired) electrons. The number of nitrogens with one attached hydrogen (secondary N) is 1. The Morgan fingerprint density at radius 3 is 2.27 bits per heavy atom. The van der Waals surface area contributed by atoms with E-state index in [1.165, 1.54) is 17.2 Å². The number of carbonyl (C=O) groups excluding carboxylic acids is 1. The van der Waals surface area contributed by atoms with E-state index >= 15 is 0 Å².